The Kier molecular flexibility index (Phi) is 23.3. The third-order valence-corrected chi connectivity index (χ3v) is 21.9. The number of fused-ring (bicyclic) bond motifs is 3. The molecule has 0 saturated carbocycles. The van der Waals surface area contributed by atoms with E-state index < -0.39 is 468 Å². The van der Waals surface area contributed by atoms with Crippen LogP contribution < -0.4 is 14.3 Å². The molecule has 0 spiro atoms. The quantitative estimate of drug-likeness (QED) is 0.0445. The van der Waals surface area contributed by atoms with Gasteiger partial charge in [0.2, 0.25) is 52.4 Å². The molecule has 0 unspecified atom stereocenters. The summed E-state index contributed by atoms with van der Waals surface area (Å²) in [6.45, 7) is -0.162. The topological polar surface area (TPSA) is 42.5 Å². The highest BCUT2D eigenvalue weighted by Gasteiger charge is 2.48. The van der Waals surface area contributed by atoms with Gasteiger partial charge in [-0.25, -0.2) is 212 Å². The Balaban J connectivity index is 1.24. The summed E-state index contributed by atoms with van der Waals surface area (Å²) >= 11 is 0. The van der Waals surface area contributed by atoms with E-state index in [4.69, 9.17) is 14.3 Å². The minimum absolute atomic E-state index is 0.0153. The zero-order chi connectivity index (χ0) is 101. The van der Waals surface area contributed by atoms with Crippen LogP contribution >= 0.6 is 0 Å². The fourth-order valence-corrected chi connectivity index (χ4v) is 15.8. The smallest absolute Gasteiger partial charge is 0.396 e. The predicted octanol–water partition coefficient (Wildman–Crippen LogP) is 27.3. The molecule has 708 valence electrons. The van der Waals surface area contributed by atoms with Crippen LogP contribution in [-0.2, 0) is 0 Å². The highest BCUT2D eigenvalue weighted by molar-refractivity contribution is 6.37. The van der Waals surface area contributed by atoms with Gasteiger partial charge in [-0.3, -0.25) is 0 Å². The van der Waals surface area contributed by atoms with Crippen molar-refractivity contribution in [1.29, 1.82) is 0 Å². The summed E-state index contributed by atoms with van der Waals surface area (Å²) in [5.74, 6) is -149. The maximum absolute atomic E-state index is 17.2. The van der Waals surface area contributed by atoms with E-state index in [1.165, 1.54) is 0 Å². The average Bonchev–Trinajstić information content (AvgIpc) is 1.52. The molecule has 0 saturated heterocycles. The Morgan fingerprint density at radius 1 is 0.147 bits per heavy atom. The summed E-state index contributed by atoms with van der Waals surface area (Å²) in [7, 11) is -4.71. The van der Waals surface area contributed by atoms with Crippen LogP contribution in [0.1, 0.15) is 33.8 Å². The van der Waals surface area contributed by atoms with E-state index >= 15 is 198 Å². The molecule has 0 aliphatic rings. The van der Waals surface area contributed by atoms with Crippen LogP contribution in [0.15, 0.2) is 18.2 Å². The van der Waals surface area contributed by atoms with Gasteiger partial charge in [0.15, 0.2) is 209 Å². The number of hydrogen-bond acceptors (Lipinski definition) is 3. The summed E-state index contributed by atoms with van der Waals surface area (Å²) < 4.78 is 747. The number of halogens is 45. The molecule has 52 heteroatoms. The van der Waals surface area contributed by atoms with Gasteiger partial charge in [-0.15, -0.1) is 0 Å². The van der Waals surface area contributed by atoms with Gasteiger partial charge in [-0.2, -0.15) is 0 Å². The number of rotatable bonds is 15. The zero-order valence-electron chi connectivity index (χ0n) is 65.4. The molecule has 6 nitrogen and oxygen atoms in total. The summed E-state index contributed by atoms with van der Waals surface area (Å²) in [6, 6.07) is -1.34. The normalized spacial score (nSPS) is 11.9. The Bertz CT molecular complexity index is 7040. The summed E-state index contributed by atoms with van der Waals surface area (Å²) in [5.41, 5.74) is -64.5. The minimum atomic E-state index is -4.71. The first-order chi connectivity index (χ1) is 63.3. The molecular formula is C84H21BF45N3O3. The summed E-state index contributed by atoms with van der Waals surface area (Å²) in [5, 5.41) is -6.78. The second kappa shape index (κ2) is 33.0. The number of hydrogen-bond donors (Lipinski definition) is 0. The van der Waals surface area contributed by atoms with Crippen LogP contribution in [0.2, 0.25) is 0 Å². The van der Waals surface area contributed by atoms with Crippen molar-refractivity contribution >= 4 is 40.0 Å². The summed E-state index contributed by atoms with van der Waals surface area (Å²) in [4.78, 5) is 0. The van der Waals surface area contributed by atoms with Crippen molar-refractivity contribution in [2.45, 2.75) is 41.5 Å². The van der Waals surface area contributed by atoms with Gasteiger partial charge in [-0.05, 0) is 93.1 Å². The average molecular weight is 1990 g/mol. The molecule has 15 rings (SSSR count). The lowest BCUT2D eigenvalue weighted by molar-refractivity contribution is 0.0750. The molecule has 0 aliphatic heterocycles. The fraction of sp³-hybridized carbons (Fsp3) is 0.0714. The molecule has 3 heterocycles. The molecular weight excluding hydrogens is 1960 g/mol. The van der Waals surface area contributed by atoms with Gasteiger partial charge < -0.3 is 14.3 Å². The Hall–Kier alpha value is -14.4. The maximum Gasteiger partial charge on any atom is 0.926 e. The Morgan fingerprint density at radius 3 is 0.390 bits per heavy atom. The SMILES string of the molecule is Cc1c(-c2c(F)c(F)c(F)c(F)c2F)cc2c(c1-c1c(F)c(F)c(F)c(F)c1F)c(-c1c(F)c(F)c(F)c(F)c1F)c(C)n2OB(On1c(C)c(-c2c(F)c(F)c(F)c(F)c2F)c2c(-c3c(F)c(F)c(F)c(F)c3F)c(C)c(-c3c(F)c(F)c(F)c(F)c3F)cc21)On1c(C)c(-c2c(F)c(F)c(F)c(F)c2F)c2c(-c3c(F)c(F)c(F)c(F)c3F)c(C)c(-c3c(F)c(F)c(F)c(F)c3F)cc21. The highest BCUT2D eigenvalue weighted by Crippen LogP contribution is 2.56. The lowest BCUT2D eigenvalue weighted by atomic mass is 9.86. The Morgan fingerprint density at radius 2 is 0.257 bits per heavy atom. The van der Waals surface area contributed by atoms with E-state index in [-0.39, 0.29) is 41.5 Å². The third kappa shape index (κ3) is 13.1. The molecule has 136 heavy (non-hydrogen) atoms. The van der Waals surface area contributed by atoms with E-state index in [1.54, 1.807) is 0 Å². The lowest BCUT2D eigenvalue weighted by Gasteiger charge is -2.23. The van der Waals surface area contributed by atoms with Gasteiger partial charge in [0, 0.05) is 49.5 Å². The minimum Gasteiger partial charge on any atom is -0.396 e. The Labute approximate surface area is 719 Å². The van der Waals surface area contributed by atoms with Gasteiger partial charge in [0.25, 0.3) is 0 Å². The van der Waals surface area contributed by atoms with Crippen LogP contribution in [-0.4, -0.2) is 21.5 Å². The molecule has 0 radical (unpaired) electrons. The fourth-order valence-electron chi connectivity index (χ4n) is 15.8. The van der Waals surface area contributed by atoms with Crippen molar-refractivity contribution in [3.05, 3.63) is 314 Å². The van der Waals surface area contributed by atoms with Crippen molar-refractivity contribution in [2.75, 3.05) is 0 Å². The van der Waals surface area contributed by atoms with E-state index in [9.17, 15) is 0 Å². The van der Waals surface area contributed by atoms with Crippen LogP contribution in [0.5, 0.6) is 0 Å². The van der Waals surface area contributed by atoms with E-state index in [0.717, 1.165) is 0 Å². The number of aromatic nitrogens is 3. The van der Waals surface area contributed by atoms with Crippen molar-refractivity contribution in [2.24, 2.45) is 0 Å². The van der Waals surface area contributed by atoms with Gasteiger partial charge in [0.05, 0.1) is 83.7 Å². The molecule has 3 aromatic heterocycles. The van der Waals surface area contributed by atoms with E-state index in [0.29, 0.717) is 0 Å². The van der Waals surface area contributed by atoms with Gasteiger partial charge in [0.1, 0.15) is 0 Å². The standard InChI is InChI=1S/C84H21BF45N3O3/c1-10-16(28-40(86)58(104)76(122)59(105)41(28)87)7-19-31(22(10)34-46(92)64(110)79(125)65(111)47(34)93)25(37-52(98)70(116)82(128)71(117)53(37)99)13(4)131(19)134-85(135-132-14(5)26(38-54(100)72(118)83(129)73(119)55(38)101)32-20(132)8-17(29-42(88)60(106)77(123)61(107)43(29)89)11(2)23(32)35-48(94)66(112)80(126)67(113)49(35)95)136-133-15(6)27(39-56(102)74(120)84(130)75(121)57(39)103)33-21(133)9-18(30-44(90)62(108)78(124)63(109)45(30)91)12(3)24(33)36-50(96)68(114)81(127)69(115)51(36)97/h7-9H,1-6H3. The van der Waals surface area contributed by atoms with E-state index in [1.807, 2.05) is 0 Å². The second-order valence-electron chi connectivity index (χ2n) is 28.8. The van der Waals surface area contributed by atoms with Crippen LogP contribution in [0.3, 0.4) is 0 Å². The van der Waals surface area contributed by atoms with Crippen molar-refractivity contribution < 1.29 is 212 Å². The number of nitrogens with zero attached hydrogens (tertiary/aromatic N) is 3. The molecule has 15 aromatic rings. The van der Waals surface area contributed by atoms with Gasteiger partial charge in [-0.1, -0.05) is 0 Å². The maximum atomic E-state index is 17.2. The second-order valence-corrected chi connectivity index (χ2v) is 28.8. The monoisotopic (exact) mass is 1990 g/mol. The lowest BCUT2D eigenvalue weighted by Crippen LogP contribution is -2.49. The molecule has 0 aliphatic carbocycles. The first-order valence-corrected chi connectivity index (χ1v) is 36.1. The van der Waals surface area contributed by atoms with Crippen molar-refractivity contribution in [3.63, 3.8) is 0 Å². The van der Waals surface area contributed by atoms with E-state index in [2.05, 4.69) is 0 Å². The first-order valence-electron chi connectivity index (χ1n) is 36.1. The molecule has 0 N–H and O–H groups in total. The van der Waals surface area contributed by atoms with Crippen LogP contribution in [0, 0.1) is 303 Å². The number of benzene rings is 12. The van der Waals surface area contributed by atoms with Crippen molar-refractivity contribution in [3.8, 4) is 100 Å². The van der Waals surface area contributed by atoms with Gasteiger partial charge >= 0.3 is 7.32 Å². The summed E-state index contributed by atoms with van der Waals surface area (Å²) in [6.07, 6.45) is 0. The highest BCUT2D eigenvalue weighted by atomic mass is 19.2. The predicted molar refractivity (Wildman–Crippen MR) is 377 cm³/mol. The largest absolute Gasteiger partial charge is 0.926 e. The molecule has 0 fully saturated rings. The molecule has 12 aromatic carbocycles. The molecule has 0 amide bonds. The van der Waals surface area contributed by atoms with Crippen molar-refractivity contribution in [1.82, 2.24) is 14.2 Å². The molecule has 0 atom stereocenters. The van der Waals surface area contributed by atoms with Crippen LogP contribution in [0.4, 0.5) is 198 Å². The zero-order valence-corrected chi connectivity index (χ0v) is 65.4. The third-order valence-electron chi connectivity index (χ3n) is 21.9. The van der Waals surface area contributed by atoms with Crippen LogP contribution in [0.25, 0.3) is 133 Å². The first kappa shape index (κ1) is 96.2. The molecule has 0 bridgehead atoms.